The summed E-state index contributed by atoms with van der Waals surface area (Å²) in [4.78, 5) is 24.6. The van der Waals surface area contributed by atoms with Gasteiger partial charge in [-0.15, -0.1) is 0 Å². The van der Waals surface area contributed by atoms with Crippen LogP contribution in [0, 0.1) is 58.2 Å². The Morgan fingerprint density at radius 3 is 2.42 bits per heavy atom. The fraction of sp³-hybridized carbons (Fsp3) is 0.933. The number of rotatable bonds is 6. The van der Waals surface area contributed by atoms with Gasteiger partial charge in [0.15, 0.2) is 0 Å². The number of hydrogen-bond acceptors (Lipinski definition) is 3. The van der Waals surface area contributed by atoms with Crippen LogP contribution in [0.15, 0.2) is 0 Å². The van der Waals surface area contributed by atoms with Crippen LogP contribution in [-0.4, -0.2) is 17.9 Å². The molecule has 4 aliphatic carbocycles. The Morgan fingerprint density at radius 2 is 1.76 bits per heavy atom. The molecule has 0 aromatic heterocycles. The summed E-state index contributed by atoms with van der Waals surface area (Å²) >= 11 is 0. The summed E-state index contributed by atoms with van der Waals surface area (Å²) in [7, 11) is 0. The molecule has 4 saturated carbocycles. The Hall–Kier alpha value is -0.860. The lowest BCUT2D eigenvalue weighted by atomic mass is 9.43. The van der Waals surface area contributed by atoms with Crippen molar-refractivity contribution in [3.05, 3.63) is 0 Å². The highest BCUT2D eigenvalue weighted by atomic mass is 16.5. The first-order valence-corrected chi connectivity index (χ1v) is 14.2. The van der Waals surface area contributed by atoms with Crippen LogP contribution in [0.4, 0.5) is 0 Å². The normalized spacial score (nSPS) is 44.5. The molecule has 0 N–H and O–H groups in total. The van der Waals surface area contributed by atoms with Crippen molar-refractivity contribution in [1.82, 2.24) is 0 Å². The fourth-order valence-electron chi connectivity index (χ4n) is 9.49. The fourth-order valence-corrected chi connectivity index (χ4v) is 9.49. The minimum Gasteiger partial charge on any atom is -0.462 e. The van der Waals surface area contributed by atoms with Gasteiger partial charge in [-0.25, -0.2) is 0 Å². The van der Waals surface area contributed by atoms with E-state index >= 15 is 0 Å². The smallest absolute Gasteiger partial charge is 0.302 e. The predicted molar refractivity (Wildman–Crippen MR) is 134 cm³/mol. The molecule has 4 aliphatic rings. The molecule has 0 saturated heterocycles. The first-order chi connectivity index (χ1) is 15.5. The Labute approximate surface area is 203 Å². The van der Waals surface area contributed by atoms with Crippen LogP contribution in [-0.2, 0) is 14.3 Å². The minimum atomic E-state index is -0.119. The molecule has 4 rings (SSSR count). The predicted octanol–water partition coefficient (Wildman–Crippen LogP) is 7.46. The number of fused-ring (bicyclic) bond motifs is 5. The van der Waals surface area contributed by atoms with Crippen molar-refractivity contribution in [1.29, 1.82) is 0 Å². The van der Waals surface area contributed by atoms with E-state index in [1.807, 2.05) is 0 Å². The number of ether oxygens (including phenoxy) is 1. The van der Waals surface area contributed by atoms with Gasteiger partial charge in [0.1, 0.15) is 11.9 Å². The van der Waals surface area contributed by atoms with Gasteiger partial charge in [-0.1, -0.05) is 54.4 Å². The third-order valence-corrected chi connectivity index (χ3v) is 11.7. The molecule has 0 heterocycles. The Kier molecular flexibility index (Phi) is 7.12. The van der Waals surface area contributed by atoms with Gasteiger partial charge >= 0.3 is 5.97 Å². The number of carbonyl (C=O) groups is 2. The quantitative estimate of drug-likeness (QED) is 0.388. The van der Waals surface area contributed by atoms with Crippen molar-refractivity contribution in [2.75, 3.05) is 0 Å². The van der Waals surface area contributed by atoms with Crippen molar-refractivity contribution in [3.63, 3.8) is 0 Å². The second-order valence-electron chi connectivity index (χ2n) is 13.6. The van der Waals surface area contributed by atoms with E-state index in [4.69, 9.17) is 4.74 Å². The summed E-state index contributed by atoms with van der Waals surface area (Å²) in [5, 5.41) is 0. The van der Waals surface area contributed by atoms with E-state index in [1.165, 1.54) is 38.5 Å². The van der Waals surface area contributed by atoms with Gasteiger partial charge < -0.3 is 4.74 Å². The van der Waals surface area contributed by atoms with E-state index in [0.29, 0.717) is 23.5 Å². The molecule has 4 fully saturated rings. The first-order valence-electron chi connectivity index (χ1n) is 14.2. The highest BCUT2D eigenvalue weighted by Crippen LogP contribution is 2.68. The summed E-state index contributed by atoms with van der Waals surface area (Å²) in [6, 6.07) is 0. The molecule has 0 amide bonds. The van der Waals surface area contributed by atoms with Gasteiger partial charge in [0, 0.05) is 25.7 Å². The van der Waals surface area contributed by atoms with E-state index < -0.39 is 0 Å². The third kappa shape index (κ3) is 4.44. The van der Waals surface area contributed by atoms with Crippen LogP contribution in [0.25, 0.3) is 0 Å². The van der Waals surface area contributed by atoms with E-state index in [9.17, 15) is 9.59 Å². The highest BCUT2D eigenvalue weighted by molar-refractivity contribution is 5.79. The molecule has 10 atom stereocenters. The first kappa shape index (κ1) is 25.2. The van der Waals surface area contributed by atoms with Crippen molar-refractivity contribution >= 4 is 11.8 Å². The van der Waals surface area contributed by atoms with Gasteiger partial charge in [0.25, 0.3) is 0 Å². The molecular formula is C30H50O3. The standard InChI is InChI=1S/C30H50O3/c1-18(2)19(3)8-9-20(4)25-12-13-26-24-11-10-22-16-23(32)14-15-29(22,6)28(24)27(33-21(5)31)17-30(25,26)7/h18-20,22,24-28H,8-17H2,1-7H3/t19-,20+,22-,24-,25+,26+,27+,28-,29-,30-/m0/s1. The van der Waals surface area contributed by atoms with Gasteiger partial charge in [0.05, 0.1) is 0 Å². The monoisotopic (exact) mass is 458 g/mol. The zero-order chi connectivity index (χ0) is 24.1. The molecule has 0 aliphatic heterocycles. The van der Waals surface area contributed by atoms with E-state index in [-0.39, 0.29) is 22.9 Å². The van der Waals surface area contributed by atoms with Gasteiger partial charge in [-0.3, -0.25) is 9.59 Å². The Bertz CT molecular complexity index is 743. The summed E-state index contributed by atoms with van der Waals surface area (Å²) < 4.78 is 6.21. The van der Waals surface area contributed by atoms with Crippen LogP contribution in [0.1, 0.15) is 113 Å². The molecule has 0 radical (unpaired) electrons. The summed E-state index contributed by atoms with van der Waals surface area (Å²) in [6.07, 6.45) is 11.3. The molecule has 3 heteroatoms. The average Bonchev–Trinajstić information content (AvgIpc) is 3.08. The maximum absolute atomic E-state index is 12.3. The van der Waals surface area contributed by atoms with Gasteiger partial charge in [-0.2, -0.15) is 0 Å². The lowest BCUT2D eigenvalue weighted by molar-refractivity contribution is -0.195. The van der Waals surface area contributed by atoms with Crippen LogP contribution in [0.3, 0.4) is 0 Å². The molecule has 0 aromatic carbocycles. The Balaban J connectivity index is 1.59. The molecule has 188 valence electrons. The molecule has 0 unspecified atom stereocenters. The van der Waals surface area contributed by atoms with E-state index in [0.717, 1.165) is 55.3 Å². The van der Waals surface area contributed by atoms with Crippen molar-refractivity contribution in [2.24, 2.45) is 58.2 Å². The average molecular weight is 459 g/mol. The van der Waals surface area contributed by atoms with Crippen molar-refractivity contribution in [2.45, 2.75) is 119 Å². The number of esters is 1. The van der Waals surface area contributed by atoms with Crippen LogP contribution in [0.2, 0.25) is 0 Å². The Morgan fingerprint density at radius 1 is 1.03 bits per heavy atom. The topological polar surface area (TPSA) is 43.4 Å². The molecule has 0 spiro atoms. The van der Waals surface area contributed by atoms with Crippen molar-refractivity contribution < 1.29 is 14.3 Å². The SMILES string of the molecule is CC(=O)O[C@@H]1C[C@]2(C)[C@H](CC[C@@H]2[C@H](C)CC[C@H](C)C(C)C)[C@@H]2CC[C@H]3CC(=O)CC[C@]3(C)[C@@H]21. The second-order valence-corrected chi connectivity index (χ2v) is 13.6. The van der Waals surface area contributed by atoms with Gasteiger partial charge in [0.2, 0.25) is 0 Å². The van der Waals surface area contributed by atoms with Crippen LogP contribution >= 0.6 is 0 Å². The number of Topliss-reactive ketones (excluding diaryl/α,β-unsaturated/α-hetero) is 1. The van der Waals surface area contributed by atoms with Crippen LogP contribution < -0.4 is 0 Å². The highest BCUT2D eigenvalue weighted by Gasteiger charge is 2.64. The molecule has 33 heavy (non-hydrogen) atoms. The lowest BCUT2D eigenvalue weighted by Gasteiger charge is -2.62. The molecule has 0 aromatic rings. The maximum atomic E-state index is 12.3. The summed E-state index contributed by atoms with van der Waals surface area (Å²) in [5.74, 6) is 5.65. The molecule has 3 nitrogen and oxygen atoms in total. The number of carbonyl (C=O) groups excluding carboxylic acids is 2. The number of hydrogen-bond donors (Lipinski definition) is 0. The molecular weight excluding hydrogens is 408 g/mol. The maximum Gasteiger partial charge on any atom is 0.302 e. The molecule has 0 bridgehead atoms. The van der Waals surface area contributed by atoms with E-state index in [2.05, 4.69) is 41.5 Å². The second kappa shape index (κ2) is 9.30. The largest absolute Gasteiger partial charge is 0.462 e. The van der Waals surface area contributed by atoms with E-state index in [1.54, 1.807) is 6.92 Å². The third-order valence-electron chi connectivity index (χ3n) is 11.7. The minimum absolute atomic E-state index is 0.0251. The zero-order valence-electron chi connectivity index (χ0n) is 22.5. The summed E-state index contributed by atoms with van der Waals surface area (Å²) in [5.41, 5.74) is 0.421. The summed E-state index contributed by atoms with van der Waals surface area (Å²) in [6.45, 7) is 16.2. The number of ketones is 1. The lowest BCUT2D eigenvalue weighted by Crippen LogP contribution is -2.59. The van der Waals surface area contributed by atoms with Crippen LogP contribution in [0.5, 0.6) is 0 Å². The van der Waals surface area contributed by atoms with Gasteiger partial charge in [-0.05, 0) is 90.8 Å². The zero-order valence-corrected chi connectivity index (χ0v) is 22.5. The van der Waals surface area contributed by atoms with Crippen molar-refractivity contribution in [3.8, 4) is 0 Å².